The van der Waals surface area contributed by atoms with Crippen LogP contribution in [0.4, 0.5) is 5.82 Å². The first kappa shape index (κ1) is 12.5. The van der Waals surface area contributed by atoms with Gasteiger partial charge in [-0.05, 0) is 18.2 Å². The molecule has 0 aliphatic heterocycles. The first-order valence-corrected chi connectivity index (χ1v) is 6.24. The van der Waals surface area contributed by atoms with E-state index in [4.69, 9.17) is 11.6 Å². The molecule has 5 nitrogen and oxygen atoms in total. The van der Waals surface area contributed by atoms with Crippen LogP contribution in [0.1, 0.15) is 10.4 Å². The van der Waals surface area contributed by atoms with E-state index in [0.29, 0.717) is 11.4 Å². The number of nitrogens with one attached hydrogen (secondary N) is 1. The van der Waals surface area contributed by atoms with E-state index >= 15 is 0 Å². The molecule has 0 aliphatic rings. The Bertz CT molecular complexity index is 768. The average Bonchev–Trinajstić information content (AvgIpc) is 2.49. The highest BCUT2D eigenvalue weighted by Gasteiger charge is 2.11. The standard InChI is InChI=1S/C14H9ClN4O/c15-12-7-18-13(8-17-12)19-14(20)10-3-1-5-11-9(10)4-2-6-16-11/h1-8H,(H,18,19,20). The van der Waals surface area contributed by atoms with E-state index in [2.05, 4.69) is 20.3 Å². The normalized spacial score (nSPS) is 10.4. The van der Waals surface area contributed by atoms with Crippen molar-refractivity contribution in [2.75, 3.05) is 5.32 Å². The van der Waals surface area contributed by atoms with E-state index in [1.807, 2.05) is 12.1 Å². The van der Waals surface area contributed by atoms with Crippen LogP contribution in [0.15, 0.2) is 48.9 Å². The molecule has 0 saturated heterocycles. The van der Waals surface area contributed by atoms with Gasteiger partial charge in [-0.1, -0.05) is 23.7 Å². The summed E-state index contributed by atoms with van der Waals surface area (Å²) in [7, 11) is 0. The smallest absolute Gasteiger partial charge is 0.257 e. The minimum Gasteiger partial charge on any atom is -0.305 e. The Morgan fingerprint density at radius 3 is 2.75 bits per heavy atom. The van der Waals surface area contributed by atoms with Gasteiger partial charge in [0, 0.05) is 17.1 Å². The second-order valence-electron chi connectivity index (χ2n) is 4.05. The van der Waals surface area contributed by atoms with Gasteiger partial charge >= 0.3 is 0 Å². The molecule has 1 amide bonds. The Morgan fingerprint density at radius 2 is 1.95 bits per heavy atom. The fourth-order valence-corrected chi connectivity index (χ4v) is 1.96. The lowest BCUT2D eigenvalue weighted by Gasteiger charge is -2.06. The second kappa shape index (κ2) is 5.22. The third-order valence-corrected chi connectivity index (χ3v) is 2.95. The molecule has 2 aromatic heterocycles. The van der Waals surface area contributed by atoms with Crippen molar-refractivity contribution in [2.24, 2.45) is 0 Å². The van der Waals surface area contributed by atoms with Crippen LogP contribution in [0.2, 0.25) is 5.15 Å². The van der Waals surface area contributed by atoms with Gasteiger partial charge in [0.05, 0.1) is 17.9 Å². The highest BCUT2D eigenvalue weighted by molar-refractivity contribution is 6.29. The number of carbonyl (C=O) groups is 1. The summed E-state index contributed by atoms with van der Waals surface area (Å²) in [5.41, 5.74) is 1.30. The number of pyridine rings is 1. The quantitative estimate of drug-likeness (QED) is 0.785. The highest BCUT2D eigenvalue weighted by Crippen LogP contribution is 2.17. The van der Waals surface area contributed by atoms with Crippen LogP contribution in [0.5, 0.6) is 0 Å². The van der Waals surface area contributed by atoms with Crippen molar-refractivity contribution in [3.63, 3.8) is 0 Å². The molecule has 1 aromatic carbocycles. The monoisotopic (exact) mass is 284 g/mol. The Balaban J connectivity index is 1.94. The van der Waals surface area contributed by atoms with Crippen molar-refractivity contribution < 1.29 is 4.79 Å². The largest absolute Gasteiger partial charge is 0.305 e. The van der Waals surface area contributed by atoms with Gasteiger partial charge in [-0.3, -0.25) is 9.78 Å². The Hall–Kier alpha value is -2.53. The molecule has 0 fully saturated rings. The van der Waals surface area contributed by atoms with E-state index in [1.54, 1.807) is 24.4 Å². The lowest BCUT2D eigenvalue weighted by molar-refractivity contribution is 0.102. The van der Waals surface area contributed by atoms with Gasteiger partial charge in [-0.2, -0.15) is 0 Å². The Labute approximate surface area is 119 Å². The Morgan fingerprint density at radius 1 is 1.05 bits per heavy atom. The number of carbonyl (C=O) groups excluding carboxylic acids is 1. The molecule has 0 atom stereocenters. The lowest BCUT2D eigenvalue weighted by Crippen LogP contribution is -2.13. The molecule has 0 unspecified atom stereocenters. The molecule has 0 radical (unpaired) electrons. The molecule has 3 rings (SSSR count). The van der Waals surface area contributed by atoms with Crippen molar-refractivity contribution in [3.8, 4) is 0 Å². The summed E-state index contributed by atoms with van der Waals surface area (Å²) in [5.74, 6) is 0.0838. The van der Waals surface area contributed by atoms with Crippen molar-refractivity contribution in [1.82, 2.24) is 15.0 Å². The summed E-state index contributed by atoms with van der Waals surface area (Å²) in [6, 6.07) is 9.03. The van der Waals surface area contributed by atoms with Gasteiger partial charge in [0.1, 0.15) is 5.15 Å². The van der Waals surface area contributed by atoms with Crippen LogP contribution < -0.4 is 5.32 Å². The molecule has 98 valence electrons. The van der Waals surface area contributed by atoms with Crippen LogP contribution in [0, 0.1) is 0 Å². The number of anilines is 1. The summed E-state index contributed by atoms with van der Waals surface area (Å²) < 4.78 is 0. The average molecular weight is 285 g/mol. The highest BCUT2D eigenvalue weighted by atomic mass is 35.5. The molecular formula is C14H9ClN4O. The maximum Gasteiger partial charge on any atom is 0.257 e. The van der Waals surface area contributed by atoms with Gasteiger partial charge in [-0.25, -0.2) is 9.97 Å². The number of hydrogen-bond donors (Lipinski definition) is 1. The van der Waals surface area contributed by atoms with Crippen LogP contribution in [0.25, 0.3) is 10.9 Å². The minimum atomic E-state index is -0.264. The number of benzene rings is 1. The zero-order valence-electron chi connectivity index (χ0n) is 10.2. The van der Waals surface area contributed by atoms with Crippen LogP contribution in [-0.4, -0.2) is 20.9 Å². The fourth-order valence-electron chi connectivity index (χ4n) is 1.86. The molecule has 0 saturated carbocycles. The van der Waals surface area contributed by atoms with Crippen molar-refractivity contribution in [3.05, 3.63) is 59.6 Å². The maximum absolute atomic E-state index is 12.3. The number of rotatable bonds is 2. The zero-order chi connectivity index (χ0) is 13.9. The molecule has 2 heterocycles. The SMILES string of the molecule is O=C(Nc1cnc(Cl)cn1)c1cccc2ncccc12. The molecule has 1 N–H and O–H groups in total. The summed E-state index contributed by atoms with van der Waals surface area (Å²) in [6.07, 6.45) is 4.47. The second-order valence-corrected chi connectivity index (χ2v) is 4.44. The molecular weight excluding hydrogens is 276 g/mol. The summed E-state index contributed by atoms with van der Waals surface area (Å²) in [5, 5.41) is 3.74. The van der Waals surface area contributed by atoms with E-state index in [-0.39, 0.29) is 11.1 Å². The van der Waals surface area contributed by atoms with Crippen molar-refractivity contribution in [1.29, 1.82) is 0 Å². The number of nitrogens with zero attached hydrogens (tertiary/aromatic N) is 3. The van der Waals surface area contributed by atoms with Crippen molar-refractivity contribution in [2.45, 2.75) is 0 Å². The van der Waals surface area contributed by atoms with Gasteiger partial charge < -0.3 is 5.32 Å². The van der Waals surface area contributed by atoms with E-state index in [9.17, 15) is 4.79 Å². The van der Waals surface area contributed by atoms with Crippen LogP contribution in [-0.2, 0) is 0 Å². The molecule has 0 bridgehead atoms. The molecule has 0 aliphatic carbocycles. The predicted molar refractivity (Wildman–Crippen MR) is 76.7 cm³/mol. The third-order valence-electron chi connectivity index (χ3n) is 2.75. The van der Waals surface area contributed by atoms with E-state index < -0.39 is 0 Å². The van der Waals surface area contributed by atoms with E-state index in [0.717, 1.165) is 10.9 Å². The third kappa shape index (κ3) is 2.44. The summed E-state index contributed by atoms with van der Waals surface area (Å²) >= 11 is 5.65. The molecule has 3 aromatic rings. The Kier molecular flexibility index (Phi) is 3.26. The van der Waals surface area contributed by atoms with Gasteiger partial charge in [0.25, 0.3) is 5.91 Å². The van der Waals surface area contributed by atoms with Crippen LogP contribution in [0.3, 0.4) is 0 Å². The number of amides is 1. The number of aromatic nitrogens is 3. The fraction of sp³-hybridized carbons (Fsp3) is 0. The first-order valence-electron chi connectivity index (χ1n) is 5.87. The van der Waals surface area contributed by atoms with E-state index in [1.165, 1.54) is 12.4 Å². The predicted octanol–water partition coefficient (Wildman–Crippen LogP) is 2.93. The topological polar surface area (TPSA) is 67.8 Å². The lowest BCUT2D eigenvalue weighted by atomic mass is 10.1. The zero-order valence-corrected chi connectivity index (χ0v) is 11.0. The number of fused-ring (bicyclic) bond motifs is 1. The summed E-state index contributed by atoms with van der Waals surface area (Å²) in [4.78, 5) is 24.3. The minimum absolute atomic E-state index is 0.264. The van der Waals surface area contributed by atoms with Gasteiger partial charge in [0.15, 0.2) is 5.82 Å². The van der Waals surface area contributed by atoms with Crippen molar-refractivity contribution >= 4 is 34.2 Å². The summed E-state index contributed by atoms with van der Waals surface area (Å²) in [6.45, 7) is 0. The molecule has 6 heteroatoms. The first-order chi connectivity index (χ1) is 9.74. The number of hydrogen-bond acceptors (Lipinski definition) is 4. The number of halogens is 1. The maximum atomic E-state index is 12.3. The van der Waals surface area contributed by atoms with Gasteiger partial charge in [0.2, 0.25) is 0 Å². The van der Waals surface area contributed by atoms with Crippen LogP contribution >= 0.6 is 11.6 Å². The molecule has 20 heavy (non-hydrogen) atoms. The van der Waals surface area contributed by atoms with Gasteiger partial charge in [-0.15, -0.1) is 0 Å². The molecule has 0 spiro atoms.